The molecule has 29 heavy (non-hydrogen) atoms. The standard InChI is InChI=1S/C19H19FN4O3S2/c20-13-3-5-15(6-4-13)29(26,27)23-14-7-9-24(10-8-14)19(25)17-12-16(21-22-17)18-2-1-11-28-18/h1-6,11-12,14,23H,7-10H2,(H,21,22). The van der Waals surface area contributed by atoms with Crippen LogP contribution in [0.1, 0.15) is 23.3 Å². The molecule has 0 aliphatic carbocycles. The van der Waals surface area contributed by atoms with Gasteiger partial charge < -0.3 is 4.90 Å². The Morgan fingerprint density at radius 2 is 1.93 bits per heavy atom. The smallest absolute Gasteiger partial charge is 0.274 e. The highest BCUT2D eigenvalue weighted by Crippen LogP contribution is 2.24. The zero-order valence-electron chi connectivity index (χ0n) is 15.3. The van der Waals surface area contributed by atoms with Crippen LogP contribution in [0.2, 0.25) is 0 Å². The van der Waals surface area contributed by atoms with Gasteiger partial charge in [0.1, 0.15) is 5.82 Å². The Labute approximate surface area is 171 Å². The Bertz CT molecular complexity index is 1090. The number of benzene rings is 1. The van der Waals surface area contributed by atoms with Gasteiger partial charge in [-0.25, -0.2) is 17.5 Å². The molecule has 0 radical (unpaired) electrons. The maximum atomic E-state index is 13.0. The van der Waals surface area contributed by atoms with Crippen LogP contribution in [0, 0.1) is 5.82 Å². The van der Waals surface area contributed by atoms with E-state index in [-0.39, 0.29) is 16.8 Å². The molecule has 0 spiro atoms. The highest BCUT2D eigenvalue weighted by atomic mass is 32.2. The van der Waals surface area contributed by atoms with E-state index in [2.05, 4.69) is 14.9 Å². The summed E-state index contributed by atoms with van der Waals surface area (Å²) >= 11 is 1.56. The second kappa shape index (κ2) is 8.05. The van der Waals surface area contributed by atoms with Crippen LogP contribution in [0.3, 0.4) is 0 Å². The molecule has 7 nitrogen and oxygen atoms in total. The molecular formula is C19H19FN4O3S2. The van der Waals surface area contributed by atoms with Crippen LogP contribution in [-0.4, -0.2) is 48.6 Å². The van der Waals surface area contributed by atoms with Crippen LogP contribution in [-0.2, 0) is 10.0 Å². The number of H-pyrrole nitrogens is 1. The van der Waals surface area contributed by atoms with Crippen molar-refractivity contribution in [1.29, 1.82) is 0 Å². The van der Waals surface area contributed by atoms with Crippen LogP contribution in [0.5, 0.6) is 0 Å². The summed E-state index contributed by atoms with van der Waals surface area (Å²) in [5, 5.41) is 8.96. The summed E-state index contributed by atoms with van der Waals surface area (Å²) in [5.41, 5.74) is 1.14. The lowest BCUT2D eigenvalue weighted by atomic mass is 10.1. The first-order valence-electron chi connectivity index (χ1n) is 9.09. The zero-order chi connectivity index (χ0) is 20.4. The molecule has 2 N–H and O–H groups in total. The van der Waals surface area contributed by atoms with Gasteiger partial charge in [-0.1, -0.05) is 6.07 Å². The zero-order valence-corrected chi connectivity index (χ0v) is 17.0. The molecule has 0 bridgehead atoms. The van der Waals surface area contributed by atoms with Gasteiger partial charge >= 0.3 is 0 Å². The van der Waals surface area contributed by atoms with E-state index in [0.29, 0.717) is 31.6 Å². The van der Waals surface area contributed by atoms with Crippen LogP contribution >= 0.6 is 11.3 Å². The van der Waals surface area contributed by atoms with Crippen LogP contribution < -0.4 is 4.72 Å². The minimum absolute atomic E-state index is 0.0232. The Morgan fingerprint density at radius 3 is 2.59 bits per heavy atom. The van der Waals surface area contributed by atoms with Gasteiger partial charge in [0.05, 0.1) is 15.5 Å². The van der Waals surface area contributed by atoms with Gasteiger partial charge in [0.25, 0.3) is 5.91 Å². The number of carbonyl (C=O) groups is 1. The highest BCUT2D eigenvalue weighted by Gasteiger charge is 2.28. The van der Waals surface area contributed by atoms with Crippen molar-refractivity contribution in [2.24, 2.45) is 0 Å². The van der Waals surface area contributed by atoms with Gasteiger partial charge in [-0.3, -0.25) is 9.89 Å². The molecule has 1 amide bonds. The van der Waals surface area contributed by atoms with Gasteiger partial charge in [0, 0.05) is 19.1 Å². The Hall–Kier alpha value is -2.56. The third-order valence-corrected chi connectivity index (χ3v) is 7.25. The summed E-state index contributed by atoms with van der Waals surface area (Å²) < 4.78 is 40.5. The third-order valence-electron chi connectivity index (χ3n) is 4.81. The number of aromatic amines is 1. The van der Waals surface area contributed by atoms with Crippen molar-refractivity contribution in [2.45, 2.75) is 23.8 Å². The van der Waals surface area contributed by atoms with E-state index in [1.54, 1.807) is 22.3 Å². The molecule has 3 aromatic rings. The molecule has 0 unspecified atom stereocenters. The number of carbonyl (C=O) groups excluding carboxylic acids is 1. The molecule has 1 aliphatic rings. The molecule has 0 saturated carbocycles. The molecule has 2 aromatic heterocycles. The number of hydrogen-bond acceptors (Lipinski definition) is 5. The summed E-state index contributed by atoms with van der Waals surface area (Å²) in [6, 6.07) is 10.0. The van der Waals surface area contributed by atoms with Crippen LogP contribution in [0.4, 0.5) is 4.39 Å². The first-order valence-corrected chi connectivity index (χ1v) is 11.4. The van der Waals surface area contributed by atoms with Gasteiger partial charge in [-0.15, -0.1) is 11.3 Å². The molecule has 152 valence electrons. The largest absolute Gasteiger partial charge is 0.337 e. The molecule has 1 aromatic carbocycles. The average molecular weight is 435 g/mol. The van der Waals surface area contributed by atoms with E-state index < -0.39 is 15.8 Å². The fraction of sp³-hybridized carbons (Fsp3) is 0.263. The summed E-state index contributed by atoms with van der Waals surface area (Å²) in [5.74, 6) is -0.666. The number of rotatable bonds is 5. The number of halogens is 1. The molecule has 4 rings (SSSR count). The number of thiophene rings is 1. The monoisotopic (exact) mass is 434 g/mol. The van der Waals surface area contributed by atoms with E-state index in [1.165, 1.54) is 12.1 Å². The van der Waals surface area contributed by atoms with Crippen LogP contribution in [0.25, 0.3) is 10.6 Å². The predicted molar refractivity (Wildman–Crippen MR) is 108 cm³/mol. The minimum Gasteiger partial charge on any atom is -0.337 e. The molecular weight excluding hydrogens is 415 g/mol. The van der Waals surface area contributed by atoms with Crippen molar-refractivity contribution in [2.75, 3.05) is 13.1 Å². The Kier molecular flexibility index (Phi) is 5.48. The molecule has 1 fully saturated rings. The predicted octanol–water partition coefficient (Wildman–Crippen LogP) is 2.86. The van der Waals surface area contributed by atoms with Crippen molar-refractivity contribution in [3.8, 4) is 10.6 Å². The number of likely N-dealkylation sites (tertiary alicyclic amines) is 1. The van der Waals surface area contributed by atoms with E-state index in [9.17, 15) is 17.6 Å². The van der Waals surface area contributed by atoms with Crippen molar-refractivity contribution < 1.29 is 17.6 Å². The molecule has 10 heteroatoms. The van der Waals surface area contributed by atoms with E-state index >= 15 is 0 Å². The summed E-state index contributed by atoms with van der Waals surface area (Å²) in [4.78, 5) is 15.4. The first kappa shape index (κ1) is 19.7. The van der Waals surface area contributed by atoms with E-state index in [4.69, 9.17) is 0 Å². The number of piperidine rings is 1. The van der Waals surface area contributed by atoms with Crippen molar-refractivity contribution in [3.05, 3.63) is 59.4 Å². The van der Waals surface area contributed by atoms with Gasteiger partial charge in [0.2, 0.25) is 10.0 Å². The second-order valence-corrected chi connectivity index (χ2v) is 9.45. The molecule has 3 heterocycles. The minimum atomic E-state index is -3.72. The third kappa shape index (κ3) is 4.39. The van der Waals surface area contributed by atoms with E-state index in [1.807, 2.05) is 17.5 Å². The van der Waals surface area contributed by atoms with Gasteiger partial charge in [-0.05, 0) is 54.6 Å². The van der Waals surface area contributed by atoms with Crippen molar-refractivity contribution in [1.82, 2.24) is 19.8 Å². The number of nitrogens with zero attached hydrogens (tertiary/aromatic N) is 2. The normalized spacial score (nSPS) is 15.6. The number of sulfonamides is 1. The fourth-order valence-electron chi connectivity index (χ4n) is 3.25. The number of hydrogen-bond donors (Lipinski definition) is 2. The maximum absolute atomic E-state index is 13.0. The number of amides is 1. The lowest BCUT2D eigenvalue weighted by molar-refractivity contribution is 0.0705. The van der Waals surface area contributed by atoms with E-state index in [0.717, 1.165) is 22.7 Å². The molecule has 1 aliphatic heterocycles. The summed E-state index contributed by atoms with van der Waals surface area (Å²) in [7, 11) is -3.72. The SMILES string of the molecule is O=C(c1cc(-c2cccs2)[nH]n1)N1CCC(NS(=O)(=O)c2ccc(F)cc2)CC1. The second-order valence-electron chi connectivity index (χ2n) is 6.79. The average Bonchev–Trinajstić information content (AvgIpc) is 3.40. The summed E-state index contributed by atoms with van der Waals surface area (Å²) in [6.07, 6.45) is 0.989. The van der Waals surface area contributed by atoms with Crippen molar-refractivity contribution >= 4 is 27.3 Å². The van der Waals surface area contributed by atoms with Crippen LogP contribution in [0.15, 0.2) is 52.7 Å². The maximum Gasteiger partial charge on any atom is 0.274 e. The van der Waals surface area contributed by atoms with Crippen molar-refractivity contribution in [3.63, 3.8) is 0 Å². The number of aromatic nitrogens is 2. The molecule has 0 atom stereocenters. The quantitative estimate of drug-likeness (QED) is 0.646. The number of nitrogens with one attached hydrogen (secondary N) is 2. The Morgan fingerprint density at radius 1 is 1.21 bits per heavy atom. The molecule has 1 saturated heterocycles. The van der Waals surface area contributed by atoms with Gasteiger partial charge in [-0.2, -0.15) is 5.10 Å². The lowest BCUT2D eigenvalue weighted by Crippen LogP contribution is -2.46. The lowest BCUT2D eigenvalue weighted by Gasteiger charge is -2.31. The van der Waals surface area contributed by atoms with Gasteiger partial charge in [0.15, 0.2) is 5.69 Å². The summed E-state index contributed by atoms with van der Waals surface area (Å²) in [6.45, 7) is 0.854. The Balaban J connectivity index is 1.35. The highest BCUT2D eigenvalue weighted by molar-refractivity contribution is 7.89. The topological polar surface area (TPSA) is 95.2 Å². The first-order chi connectivity index (χ1) is 13.9. The fourth-order valence-corrected chi connectivity index (χ4v) is 5.25.